The number of aromatic nitrogens is 2. The highest BCUT2D eigenvalue weighted by molar-refractivity contribution is 5.96. The molecule has 1 aromatic carbocycles. The van der Waals surface area contributed by atoms with Crippen LogP contribution in [-0.2, 0) is 9.53 Å². The summed E-state index contributed by atoms with van der Waals surface area (Å²) in [7, 11) is 1.32. The Kier molecular flexibility index (Phi) is 4.37. The molecule has 6 heteroatoms. The van der Waals surface area contributed by atoms with E-state index in [0.717, 1.165) is 5.56 Å². The fourth-order valence-corrected chi connectivity index (χ4v) is 1.87. The molecule has 0 fully saturated rings. The van der Waals surface area contributed by atoms with Crippen molar-refractivity contribution in [2.75, 3.05) is 12.4 Å². The van der Waals surface area contributed by atoms with Crippen molar-refractivity contribution in [2.24, 2.45) is 0 Å². The third-order valence-electron chi connectivity index (χ3n) is 3.22. The molecule has 0 saturated carbocycles. The van der Waals surface area contributed by atoms with E-state index in [-0.39, 0.29) is 5.91 Å². The third-order valence-corrected chi connectivity index (χ3v) is 3.22. The molecule has 6 nitrogen and oxygen atoms in total. The second-order valence-corrected chi connectivity index (χ2v) is 4.67. The first-order valence-corrected chi connectivity index (χ1v) is 6.52. The Morgan fingerprint density at radius 1 is 1.38 bits per heavy atom. The van der Waals surface area contributed by atoms with Crippen LogP contribution in [0, 0.1) is 6.92 Å². The number of rotatable bonds is 4. The smallest absolute Gasteiger partial charge is 0.337 e. The maximum Gasteiger partial charge on any atom is 0.337 e. The van der Waals surface area contributed by atoms with Crippen LogP contribution in [0.25, 0.3) is 0 Å². The van der Waals surface area contributed by atoms with Crippen LogP contribution in [0.3, 0.4) is 0 Å². The molecule has 0 radical (unpaired) electrons. The molecule has 0 aliphatic carbocycles. The quantitative estimate of drug-likeness (QED) is 0.875. The minimum Gasteiger partial charge on any atom is -0.465 e. The molecular formula is C15H17N3O3. The molecule has 1 heterocycles. The number of methoxy groups -OCH3 is 1. The number of ether oxygens (including phenoxy) is 1. The third kappa shape index (κ3) is 3.28. The summed E-state index contributed by atoms with van der Waals surface area (Å²) in [6, 6.07) is 6.34. The molecule has 0 aliphatic rings. The number of carbonyl (C=O) groups excluding carboxylic acids is 2. The number of nitrogens with zero attached hydrogens (tertiary/aromatic N) is 2. The summed E-state index contributed by atoms with van der Waals surface area (Å²) < 4.78 is 6.24. The monoisotopic (exact) mass is 287 g/mol. The molecule has 1 N–H and O–H groups in total. The largest absolute Gasteiger partial charge is 0.465 e. The average molecular weight is 287 g/mol. The Bertz CT molecular complexity index is 650. The Morgan fingerprint density at radius 2 is 2.14 bits per heavy atom. The minimum atomic E-state index is -0.443. The van der Waals surface area contributed by atoms with Gasteiger partial charge in [-0.2, -0.15) is 5.10 Å². The van der Waals surface area contributed by atoms with Crippen LogP contribution in [0.2, 0.25) is 0 Å². The fourth-order valence-electron chi connectivity index (χ4n) is 1.87. The van der Waals surface area contributed by atoms with Gasteiger partial charge in [0.15, 0.2) is 0 Å². The number of esters is 1. The molecule has 2 rings (SSSR count). The fraction of sp³-hybridized carbons (Fsp3) is 0.267. The molecule has 1 atom stereocenters. The van der Waals surface area contributed by atoms with Gasteiger partial charge in [0.1, 0.15) is 6.04 Å². The maximum absolute atomic E-state index is 12.2. The van der Waals surface area contributed by atoms with E-state index in [0.29, 0.717) is 11.3 Å². The lowest BCUT2D eigenvalue weighted by molar-refractivity contribution is -0.119. The molecule has 0 aliphatic heterocycles. The lowest BCUT2D eigenvalue weighted by atomic mass is 10.1. The Hall–Kier alpha value is -2.63. The second kappa shape index (κ2) is 6.21. The predicted octanol–water partition coefficient (Wildman–Crippen LogP) is 2.18. The standard InChI is InChI=1S/C15H17N3O3/c1-10-5-6-12(15(20)21-3)9-13(10)17-14(19)11(2)18-8-4-7-16-18/h4-9,11H,1-3H3,(H,17,19)/t11-/m1/s1. The molecule has 1 amide bonds. The van der Waals surface area contributed by atoms with E-state index in [1.807, 2.05) is 6.92 Å². The number of hydrogen-bond acceptors (Lipinski definition) is 4. The first kappa shape index (κ1) is 14.8. The van der Waals surface area contributed by atoms with Crippen LogP contribution in [0.5, 0.6) is 0 Å². The summed E-state index contributed by atoms with van der Waals surface area (Å²) in [5.41, 5.74) is 1.84. The number of amides is 1. The zero-order valence-electron chi connectivity index (χ0n) is 12.2. The van der Waals surface area contributed by atoms with Crippen molar-refractivity contribution >= 4 is 17.6 Å². The molecule has 21 heavy (non-hydrogen) atoms. The molecule has 0 bridgehead atoms. The number of anilines is 1. The van der Waals surface area contributed by atoms with E-state index >= 15 is 0 Å². The highest BCUT2D eigenvalue weighted by Crippen LogP contribution is 2.19. The summed E-state index contributed by atoms with van der Waals surface area (Å²) in [5.74, 6) is -0.644. The van der Waals surface area contributed by atoms with Gasteiger partial charge in [-0.25, -0.2) is 4.79 Å². The van der Waals surface area contributed by atoms with E-state index in [1.165, 1.54) is 7.11 Å². The van der Waals surface area contributed by atoms with Crippen molar-refractivity contribution in [3.8, 4) is 0 Å². The Balaban J connectivity index is 2.19. The van der Waals surface area contributed by atoms with E-state index in [2.05, 4.69) is 15.2 Å². The van der Waals surface area contributed by atoms with Crippen LogP contribution in [-0.4, -0.2) is 28.8 Å². The van der Waals surface area contributed by atoms with Crippen LogP contribution < -0.4 is 5.32 Å². The lowest BCUT2D eigenvalue weighted by Gasteiger charge is -2.14. The van der Waals surface area contributed by atoms with Crippen LogP contribution in [0.4, 0.5) is 5.69 Å². The van der Waals surface area contributed by atoms with Crippen molar-refractivity contribution in [3.05, 3.63) is 47.8 Å². The van der Waals surface area contributed by atoms with Crippen LogP contribution >= 0.6 is 0 Å². The molecule has 110 valence electrons. The molecule has 0 saturated heterocycles. The Labute approximate surface area is 122 Å². The van der Waals surface area contributed by atoms with Gasteiger partial charge in [0, 0.05) is 18.1 Å². The molecule has 1 aromatic heterocycles. The second-order valence-electron chi connectivity index (χ2n) is 4.67. The van der Waals surface area contributed by atoms with Gasteiger partial charge in [-0.1, -0.05) is 6.07 Å². The number of hydrogen-bond donors (Lipinski definition) is 1. The Morgan fingerprint density at radius 3 is 2.76 bits per heavy atom. The molecule has 2 aromatic rings. The van der Waals surface area contributed by atoms with Crippen molar-refractivity contribution in [1.82, 2.24) is 9.78 Å². The zero-order valence-corrected chi connectivity index (χ0v) is 12.2. The summed E-state index contributed by atoms with van der Waals surface area (Å²) in [4.78, 5) is 23.8. The van der Waals surface area contributed by atoms with E-state index in [9.17, 15) is 9.59 Å². The van der Waals surface area contributed by atoms with Crippen molar-refractivity contribution in [3.63, 3.8) is 0 Å². The van der Waals surface area contributed by atoms with Gasteiger partial charge < -0.3 is 10.1 Å². The summed E-state index contributed by atoms with van der Waals surface area (Å²) >= 11 is 0. The van der Waals surface area contributed by atoms with Gasteiger partial charge in [0.2, 0.25) is 5.91 Å². The molecule has 0 unspecified atom stereocenters. The minimum absolute atomic E-state index is 0.205. The van der Waals surface area contributed by atoms with Gasteiger partial charge >= 0.3 is 5.97 Å². The maximum atomic E-state index is 12.2. The van der Waals surface area contributed by atoms with E-state index < -0.39 is 12.0 Å². The zero-order chi connectivity index (χ0) is 15.4. The first-order valence-electron chi connectivity index (χ1n) is 6.52. The normalized spacial score (nSPS) is 11.8. The number of aryl methyl sites for hydroxylation is 1. The van der Waals surface area contributed by atoms with E-state index in [1.54, 1.807) is 48.3 Å². The highest BCUT2D eigenvalue weighted by atomic mass is 16.5. The SMILES string of the molecule is COC(=O)c1ccc(C)c(NC(=O)[C@@H](C)n2cccn2)c1. The lowest BCUT2D eigenvalue weighted by Crippen LogP contribution is -2.24. The van der Waals surface area contributed by atoms with Crippen molar-refractivity contribution < 1.29 is 14.3 Å². The predicted molar refractivity (Wildman–Crippen MR) is 78.1 cm³/mol. The van der Waals surface area contributed by atoms with E-state index in [4.69, 9.17) is 0 Å². The topological polar surface area (TPSA) is 73.2 Å². The molecular weight excluding hydrogens is 270 g/mol. The van der Waals surface area contributed by atoms with Gasteiger partial charge in [-0.3, -0.25) is 9.48 Å². The number of carbonyl (C=O) groups is 2. The van der Waals surface area contributed by atoms with Crippen LogP contribution in [0.15, 0.2) is 36.7 Å². The van der Waals surface area contributed by atoms with Gasteiger partial charge in [-0.15, -0.1) is 0 Å². The number of benzene rings is 1. The van der Waals surface area contributed by atoms with Crippen LogP contribution in [0.1, 0.15) is 28.9 Å². The van der Waals surface area contributed by atoms with Gasteiger partial charge in [0.05, 0.1) is 12.7 Å². The summed E-state index contributed by atoms with van der Waals surface area (Å²) in [5, 5.41) is 6.85. The number of nitrogens with one attached hydrogen (secondary N) is 1. The first-order chi connectivity index (χ1) is 10.0. The molecule has 0 spiro atoms. The van der Waals surface area contributed by atoms with Crippen molar-refractivity contribution in [1.29, 1.82) is 0 Å². The summed E-state index contributed by atoms with van der Waals surface area (Å²) in [6.45, 7) is 3.61. The average Bonchev–Trinajstić information content (AvgIpc) is 3.02. The summed E-state index contributed by atoms with van der Waals surface area (Å²) in [6.07, 6.45) is 3.34. The van der Waals surface area contributed by atoms with Gasteiger partial charge in [0.25, 0.3) is 0 Å². The van der Waals surface area contributed by atoms with Gasteiger partial charge in [-0.05, 0) is 37.6 Å². The van der Waals surface area contributed by atoms with Crippen molar-refractivity contribution in [2.45, 2.75) is 19.9 Å². The highest BCUT2D eigenvalue weighted by Gasteiger charge is 2.17.